The molecule has 16 nitrogen and oxygen atoms in total. The van der Waals surface area contributed by atoms with E-state index in [0.29, 0.717) is 23.2 Å². The van der Waals surface area contributed by atoms with Gasteiger partial charge in [-0.3, -0.25) is 29.0 Å². The molecule has 0 saturated carbocycles. The number of rotatable bonds is 21. The summed E-state index contributed by atoms with van der Waals surface area (Å²) < 4.78 is 13.9. The van der Waals surface area contributed by atoms with E-state index >= 15 is 0 Å². The summed E-state index contributed by atoms with van der Waals surface area (Å²) in [5.74, 6) is -4.17. The van der Waals surface area contributed by atoms with Crippen LogP contribution in [0.3, 0.4) is 0 Å². The second-order valence-corrected chi connectivity index (χ2v) is 14.8. The number of primary amides is 1. The lowest BCUT2D eigenvalue weighted by molar-refractivity contribution is -0.134. The number of fused-ring (bicyclic) bond motifs is 1. The maximum atomic E-state index is 14.3. The fraction of sp³-hybridized carbons (Fsp3) is 0.326. The Kier molecular flexibility index (Phi) is 16.9. The minimum absolute atomic E-state index is 0.0367. The number of nitrogens with zero attached hydrogens (tertiary/aromatic N) is 2. The quantitative estimate of drug-likeness (QED) is 0.0333. The maximum Gasteiger partial charge on any atom is 0.243 e. The molecule has 0 fully saturated rings. The van der Waals surface area contributed by atoms with Crippen LogP contribution in [-0.4, -0.2) is 72.2 Å². The van der Waals surface area contributed by atoms with E-state index in [4.69, 9.17) is 28.7 Å². The Hall–Kier alpha value is -7.04. The second-order valence-electron chi connectivity index (χ2n) is 14.8. The number of nitrogens with one attached hydrogen (secondary N) is 4. The van der Waals surface area contributed by atoms with Gasteiger partial charge in [0.1, 0.15) is 30.0 Å². The summed E-state index contributed by atoms with van der Waals surface area (Å²) in [5, 5.41) is 12.9. The highest BCUT2D eigenvalue weighted by Crippen LogP contribution is 2.20. The Bertz CT molecular complexity index is 2170. The largest absolute Gasteiger partial charge is 0.370 e. The molecule has 0 bridgehead atoms. The molecule has 0 aliphatic rings. The highest BCUT2D eigenvalue weighted by molar-refractivity contribution is 5.96. The monoisotopic (exact) mass is 823 g/mol. The van der Waals surface area contributed by atoms with Crippen molar-refractivity contribution in [1.29, 1.82) is 0 Å². The molecule has 0 aliphatic heterocycles. The molecule has 0 heterocycles. The lowest BCUT2D eigenvalue weighted by atomic mass is 9.99. The molecular formula is C43H54FN11O5. The number of benzene rings is 4. The van der Waals surface area contributed by atoms with Gasteiger partial charge in [0.25, 0.3) is 0 Å². The number of nitrogens with two attached hydrogens (primary N) is 5. The smallest absolute Gasteiger partial charge is 0.243 e. The molecule has 0 aliphatic carbocycles. The van der Waals surface area contributed by atoms with E-state index in [1.165, 1.54) is 24.3 Å². The molecule has 17 heteroatoms. The Labute approximate surface area is 348 Å². The minimum atomic E-state index is -1.29. The van der Waals surface area contributed by atoms with Gasteiger partial charge in [0.05, 0.1) is 12.1 Å². The summed E-state index contributed by atoms with van der Waals surface area (Å²) in [5.41, 5.74) is 29.8. The number of guanidine groups is 2. The SMILES string of the molecule is CC(C)C[C@H](NC(=O)[C@H](Cc1ccc(N=C(N)N)cc1)NC(=O)[C@H](Cc1ccc(F)cc1)NC(=O)Cc1cccc2ccccc12)C(=O)N[C@@H](CCCN=C(N)N)C(N)=O. The van der Waals surface area contributed by atoms with Gasteiger partial charge in [-0.25, -0.2) is 9.38 Å². The standard InChI is InChI=1S/C43H54FN11O5/c1-25(2)21-34(39(58)53-33(38(45)57)11-6-20-50-42(46)47)54-41(60)36(23-27-14-18-31(19-15-27)51-43(48)49)55-40(59)35(22-26-12-16-30(44)17-13-26)52-37(56)24-29-9-5-8-28-7-3-4-10-32(28)29/h3-5,7-10,12-19,25,33-36H,6,11,20-24H2,1-2H3,(H2,45,57)(H,52,56)(H,53,58)(H,54,60)(H,55,59)(H4,46,47,50)(H4,48,49,51)/t33-,34-,35-,36-/m0/s1. The van der Waals surface area contributed by atoms with Crippen molar-refractivity contribution in [3.63, 3.8) is 0 Å². The van der Waals surface area contributed by atoms with Crippen LogP contribution in [0.15, 0.2) is 101 Å². The Morgan fingerprint density at radius 2 is 1.18 bits per heavy atom. The molecule has 4 aromatic rings. The predicted molar refractivity (Wildman–Crippen MR) is 230 cm³/mol. The van der Waals surface area contributed by atoms with Crippen molar-refractivity contribution in [2.45, 2.75) is 76.5 Å². The molecule has 0 unspecified atom stereocenters. The van der Waals surface area contributed by atoms with Crippen molar-refractivity contribution in [3.05, 3.63) is 114 Å². The third-order valence-corrected chi connectivity index (χ3v) is 9.45. The Morgan fingerprint density at radius 1 is 0.633 bits per heavy atom. The third-order valence-electron chi connectivity index (χ3n) is 9.45. The van der Waals surface area contributed by atoms with Gasteiger partial charge in [-0.1, -0.05) is 80.6 Å². The zero-order valence-corrected chi connectivity index (χ0v) is 33.7. The third kappa shape index (κ3) is 14.7. The Morgan fingerprint density at radius 3 is 1.78 bits per heavy atom. The van der Waals surface area contributed by atoms with Crippen molar-refractivity contribution < 1.29 is 28.4 Å². The molecule has 0 spiro atoms. The van der Waals surface area contributed by atoms with Crippen LogP contribution >= 0.6 is 0 Å². The Balaban J connectivity index is 1.62. The zero-order valence-electron chi connectivity index (χ0n) is 33.7. The van der Waals surface area contributed by atoms with Crippen LogP contribution in [0.1, 0.15) is 49.8 Å². The predicted octanol–water partition coefficient (Wildman–Crippen LogP) is 1.44. The van der Waals surface area contributed by atoms with Crippen molar-refractivity contribution in [3.8, 4) is 0 Å². The summed E-state index contributed by atoms with van der Waals surface area (Å²) in [4.78, 5) is 76.1. The number of hydrogen-bond donors (Lipinski definition) is 9. The number of amides is 5. The average molecular weight is 824 g/mol. The lowest BCUT2D eigenvalue weighted by Crippen LogP contribution is -2.59. The van der Waals surface area contributed by atoms with E-state index in [9.17, 15) is 28.4 Å². The fourth-order valence-electron chi connectivity index (χ4n) is 6.54. The molecule has 60 heavy (non-hydrogen) atoms. The molecule has 4 rings (SSSR count). The van der Waals surface area contributed by atoms with Crippen LogP contribution in [0.25, 0.3) is 10.8 Å². The van der Waals surface area contributed by atoms with Gasteiger partial charge in [-0.15, -0.1) is 0 Å². The van der Waals surface area contributed by atoms with Crippen LogP contribution in [0.4, 0.5) is 10.1 Å². The number of carbonyl (C=O) groups is 5. The van der Waals surface area contributed by atoms with Gasteiger partial charge in [-0.05, 0) is 76.9 Å². The van der Waals surface area contributed by atoms with Crippen molar-refractivity contribution in [2.24, 2.45) is 44.6 Å². The molecule has 14 N–H and O–H groups in total. The van der Waals surface area contributed by atoms with Gasteiger partial charge in [0.15, 0.2) is 11.9 Å². The first kappa shape index (κ1) is 45.7. The summed E-state index contributed by atoms with van der Waals surface area (Å²) >= 11 is 0. The van der Waals surface area contributed by atoms with E-state index in [0.717, 1.165) is 16.3 Å². The number of hydrogen-bond acceptors (Lipinski definition) is 7. The van der Waals surface area contributed by atoms with E-state index in [1.807, 2.05) is 56.3 Å². The molecule has 4 aromatic carbocycles. The normalized spacial score (nSPS) is 12.9. The molecule has 0 aromatic heterocycles. The highest BCUT2D eigenvalue weighted by atomic mass is 19.1. The molecule has 0 radical (unpaired) electrons. The molecular weight excluding hydrogens is 770 g/mol. The van der Waals surface area contributed by atoms with Crippen LogP contribution < -0.4 is 49.9 Å². The van der Waals surface area contributed by atoms with Crippen LogP contribution in [0.2, 0.25) is 0 Å². The number of aliphatic imine (C=N–C) groups is 2. The molecule has 318 valence electrons. The lowest BCUT2D eigenvalue weighted by Gasteiger charge is -2.27. The maximum absolute atomic E-state index is 14.3. The fourth-order valence-corrected chi connectivity index (χ4v) is 6.54. The molecule has 4 atom stereocenters. The van der Waals surface area contributed by atoms with Crippen molar-refractivity contribution in [1.82, 2.24) is 21.3 Å². The number of halogens is 1. The first-order chi connectivity index (χ1) is 28.6. The second kappa shape index (κ2) is 22.2. The van der Waals surface area contributed by atoms with Crippen LogP contribution in [0, 0.1) is 11.7 Å². The summed E-state index contributed by atoms with van der Waals surface area (Å²) in [6.07, 6.45) is 0.495. The van der Waals surface area contributed by atoms with E-state index in [2.05, 4.69) is 31.3 Å². The minimum Gasteiger partial charge on any atom is -0.370 e. The summed E-state index contributed by atoms with van der Waals surface area (Å²) in [6.45, 7) is 3.91. The van der Waals surface area contributed by atoms with E-state index in [-0.39, 0.29) is 56.5 Å². The first-order valence-corrected chi connectivity index (χ1v) is 19.5. The zero-order chi connectivity index (χ0) is 43.8. The topological polar surface area (TPSA) is 288 Å². The van der Waals surface area contributed by atoms with Crippen molar-refractivity contribution >= 4 is 57.9 Å². The molecule has 5 amide bonds. The highest BCUT2D eigenvalue weighted by Gasteiger charge is 2.32. The van der Waals surface area contributed by atoms with Gasteiger partial charge >= 0.3 is 0 Å². The van der Waals surface area contributed by atoms with E-state index < -0.39 is 59.5 Å². The van der Waals surface area contributed by atoms with Crippen LogP contribution in [0.5, 0.6) is 0 Å². The van der Waals surface area contributed by atoms with Crippen molar-refractivity contribution in [2.75, 3.05) is 6.54 Å². The van der Waals surface area contributed by atoms with Crippen LogP contribution in [-0.2, 0) is 43.2 Å². The van der Waals surface area contributed by atoms with Gasteiger partial charge in [0.2, 0.25) is 29.5 Å². The summed E-state index contributed by atoms with van der Waals surface area (Å²) in [7, 11) is 0. The van der Waals surface area contributed by atoms with E-state index in [1.54, 1.807) is 24.3 Å². The number of carbonyl (C=O) groups excluding carboxylic acids is 5. The van der Waals surface area contributed by atoms with Gasteiger partial charge in [-0.2, -0.15) is 0 Å². The van der Waals surface area contributed by atoms with Gasteiger partial charge < -0.3 is 49.9 Å². The molecule has 0 saturated heterocycles. The van der Waals surface area contributed by atoms with Gasteiger partial charge in [0, 0.05) is 19.4 Å². The first-order valence-electron chi connectivity index (χ1n) is 19.5. The average Bonchev–Trinajstić information content (AvgIpc) is 3.19. The summed E-state index contributed by atoms with van der Waals surface area (Å²) in [6, 6.07) is 20.6.